The molecule has 0 spiro atoms. The zero-order valence-electron chi connectivity index (χ0n) is 12.7. The SMILES string of the molecule is Clc1ccc2c(c1)nc(SCc1ccon1)n2Cc1ccccc1. The number of rotatable bonds is 5. The molecule has 4 nitrogen and oxygen atoms in total. The van der Waals surface area contributed by atoms with Crippen molar-refractivity contribution in [2.24, 2.45) is 0 Å². The molecule has 6 heteroatoms. The Hall–Kier alpha value is -2.24. The van der Waals surface area contributed by atoms with Crippen molar-refractivity contribution in [2.45, 2.75) is 17.5 Å². The van der Waals surface area contributed by atoms with Crippen molar-refractivity contribution in [3.05, 3.63) is 77.1 Å². The summed E-state index contributed by atoms with van der Waals surface area (Å²) in [5.41, 5.74) is 4.11. The number of aromatic nitrogens is 3. The average Bonchev–Trinajstić information content (AvgIpc) is 3.22. The van der Waals surface area contributed by atoms with Gasteiger partial charge in [0.1, 0.15) is 6.26 Å². The minimum Gasteiger partial charge on any atom is -0.364 e. The number of imidazole rings is 1. The van der Waals surface area contributed by atoms with Crippen LogP contribution in [0.4, 0.5) is 0 Å². The minimum atomic E-state index is 0.694. The summed E-state index contributed by atoms with van der Waals surface area (Å²) in [6.07, 6.45) is 1.59. The van der Waals surface area contributed by atoms with Crippen LogP contribution in [0, 0.1) is 0 Å². The molecule has 0 saturated heterocycles. The molecular weight excluding hydrogens is 342 g/mol. The normalized spacial score (nSPS) is 11.2. The Morgan fingerprint density at radius 3 is 2.75 bits per heavy atom. The van der Waals surface area contributed by atoms with Crippen molar-refractivity contribution < 1.29 is 4.52 Å². The largest absolute Gasteiger partial charge is 0.364 e. The number of halogens is 1. The molecule has 4 aromatic rings. The van der Waals surface area contributed by atoms with Crippen molar-refractivity contribution >= 4 is 34.4 Å². The predicted molar refractivity (Wildman–Crippen MR) is 96.4 cm³/mol. The van der Waals surface area contributed by atoms with Gasteiger partial charge in [0.05, 0.1) is 23.3 Å². The van der Waals surface area contributed by atoms with Crippen LogP contribution in [0.25, 0.3) is 11.0 Å². The average molecular weight is 356 g/mol. The summed E-state index contributed by atoms with van der Waals surface area (Å²) in [7, 11) is 0. The molecular formula is C18H14ClN3OS. The maximum absolute atomic E-state index is 6.12. The lowest BCUT2D eigenvalue weighted by Crippen LogP contribution is -2.01. The molecule has 4 rings (SSSR count). The number of hydrogen-bond acceptors (Lipinski definition) is 4. The van der Waals surface area contributed by atoms with E-state index in [4.69, 9.17) is 21.1 Å². The van der Waals surface area contributed by atoms with Crippen molar-refractivity contribution in [3.8, 4) is 0 Å². The zero-order valence-corrected chi connectivity index (χ0v) is 14.3. The van der Waals surface area contributed by atoms with Gasteiger partial charge in [0.25, 0.3) is 0 Å². The summed E-state index contributed by atoms with van der Waals surface area (Å²) in [5.74, 6) is 0.711. The molecule has 120 valence electrons. The van der Waals surface area contributed by atoms with Crippen molar-refractivity contribution in [3.63, 3.8) is 0 Å². The molecule has 0 aliphatic heterocycles. The Morgan fingerprint density at radius 1 is 1.08 bits per heavy atom. The van der Waals surface area contributed by atoms with Crippen molar-refractivity contribution in [2.75, 3.05) is 0 Å². The fourth-order valence-corrected chi connectivity index (χ4v) is 3.63. The molecule has 2 aromatic carbocycles. The molecule has 24 heavy (non-hydrogen) atoms. The third-order valence-electron chi connectivity index (χ3n) is 3.70. The van der Waals surface area contributed by atoms with E-state index in [1.54, 1.807) is 18.0 Å². The molecule has 0 aliphatic carbocycles. The summed E-state index contributed by atoms with van der Waals surface area (Å²) in [5, 5.41) is 5.60. The van der Waals surface area contributed by atoms with Crippen LogP contribution in [0.2, 0.25) is 5.02 Å². The lowest BCUT2D eigenvalue weighted by Gasteiger charge is -2.08. The molecule has 2 heterocycles. The van der Waals surface area contributed by atoms with Crippen LogP contribution in [0.3, 0.4) is 0 Å². The highest BCUT2D eigenvalue weighted by Gasteiger charge is 2.13. The predicted octanol–water partition coefficient (Wildman–Crippen LogP) is 5.02. The van der Waals surface area contributed by atoms with E-state index in [0.29, 0.717) is 10.8 Å². The number of benzene rings is 2. The van der Waals surface area contributed by atoms with Crippen molar-refractivity contribution in [1.82, 2.24) is 14.7 Å². The van der Waals surface area contributed by atoms with Crippen LogP contribution < -0.4 is 0 Å². The Morgan fingerprint density at radius 2 is 1.96 bits per heavy atom. The molecule has 0 fully saturated rings. The summed E-state index contributed by atoms with van der Waals surface area (Å²) in [6, 6.07) is 18.1. The lowest BCUT2D eigenvalue weighted by atomic mass is 10.2. The highest BCUT2D eigenvalue weighted by molar-refractivity contribution is 7.98. The zero-order chi connectivity index (χ0) is 16.4. The van der Waals surface area contributed by atoms with Crippen LogP contribution in [-0.2, 0) is 12.3 Å². The molecule has 0 unspecified atom stereocenters. The Kier molecular flexibility index (Phi) is 4.28. The van der Waals surface area contributed by atoms with Gasteiger partial charge in [0.15, 0.2) is 5.16 Å². The fraction of sp³-hybridized carbons (Fsp3) is 0.111. The van der Waals surface area contributed by atoms with E-state index >= 15 is 0 Å². The molecule has 0 saturated carbocycles. The van der Waals surface area contributed by atoms with E-state index < -0.39 is 0 Å². The van der Waals surface area contributed by atoms with Gasteiger partial charge in [-0.25, -0.2) is 4.98 Å². The Labute approximate surface area is 148 Å². The lowest BCUT2D eigenvalue weighted by molar-refractivity contribution is 0.414. The van der Waals surface area contributed by atoms with E-state index in [1.165, 1.54) is 5.56 Å². The van der Waals surface area contributed by atoms with Gasteiger partial charge in [-0.05, 0) is 23.8 Å². The van der Waals surface area contributed by atoms with Gasteiger partial charge in [0.2, 0.25) is 0 Å². The smallest absolute Gasteiger partial charge is 0.169 e. The Balaban J connectivity index is 1.71. The van der Waals surface area contributed by atoms with Gasteiger partial charge in [-0.1, -0.05) is 58.9 Å². The first-order valence-corrected chi connectivity index (χ1v) is 8.88. The van der Waals surface area contributed by atoms with Gasteiger partial charge in [0, 0.05) is 16.8 Å². The number of fused-ring (bicyclic) bond motifs is 1. The molecule has 0 aliphatic rings. The summed E-state index contributed by atoms with van der Waals surface area (Å²) in [6.45, 7) is 0.764. The van der Waals surface area contributed by atoms with E-state index in [2.05, 4.69) is 21.9 Å². The van der Waals surface area contributed by atoms with Gasteiger partial charge in [-0.3, -0.25) is 0 Å². The monoisotopic (exact) mass is 355 g/mol. The fourth-order valence-electron chi connectivity index (χ4n) is 2.56. The second-order valence-electron chi connectivity index (χ2n) is 5.38. The minimum absolute atomic E-state index is 0.694. The van der Waals surface area contributed by atoms with Crippen LogP contribution >= 0.6 is 23.4 Å². The van der Waals surface area contributed by atoms with Crippen LogP contribution in [0.1, 0.15) is 11.3 Å². The standard InChI is InChI=1S/C18H14ClN3OS/c19-14-6-7-17-16(10-14)20-18(24-12-15-8-9-23-21-15)22(17)11-13-4-2-1-3-5-13/h1-10H,11-12H2. The summed E-state index contributed by atoms with van der Waals surface area (Å²) >= 11 is 7.76. The van der Waals surface area contributed by atoms with E-state index in [-0.39, 0.29) is 0 Å². The molecule has 0 bridgehead atoms. The molecule has 0 radical (unpaired) electrons. The number of hydrogen-bond donors (Lipinski definition) is 0. The van der Waals surface area contributed by atoms with Gasteiger partial charge >= 0.3 is 0 Å². The van der Waals surface area contributed by atoms with Gasteiger partial charge < -0.3 is 9.09 Å². The van der Waals surface area contributed by atoms with Gasteiger partial charge in [-0.2, -0.15) is 0 Å². The number of thioether (sulfide) groups is 1. The number of nitrogens with zero attached hydrogens (tertiary/aromatic N) is 3. The first kappa shape index (κ1) is 15.3. The first-order chi connectivity index (χ1) is 11.8. The van der Waals surface area contributed by atoms with Crippen LogP contribution in [0.15, 0.2) is 70.5 Å². The maximum atomic E-state index is 6.12. The third-order valence-corrected chi connectivity index (χ3v) is 4.94. The van der Waals surface area contributed by atoms with Crippen LogP contribution in [-0.4, -0.2) is 14.7 Å². The van der Waals surface area contributed by atoms with E-state index in [0.717, 1.165) is 28.4 Å². The molecule has 0 N–H and O–H groups in total. The molecule has 2 aromatic heterocycles. The van der Waals surface area contributed by atoms with E-state index in [9.17, 15) is 0 Å². The third kappa shape index (κ3) is 3.18. The summed E-state index contributed by atoms with van der Waals surface area (Å²) < 4.78 is 7.11. The second-order valence-corrected chi connectivity index (χ2v) is 6.76. The van der Waals surface area contributed by atoms with Crippen LogP contribution in [0.5, 0.6) is 0 Å². The highest BCUT2D eigenvalue weighted by atomic mass is 35.5. The quantitative estimate of drug-likeness (QED) is 0.471. The van der Waals surface area contributed by atoms with E-state index in [1.807, 2.05) is 42.5 Å². The summed E-state index contributed by atoms with van der Waals surface area (Å²) in [4.78, 5) is 4.75. The first-order valence-electron chi connectivity index (χ1n) is 7.51. The highest BCUT2D eigenvalue weighted by Crippen LogP contribution is 2.28. The topological polar surface area (TPSA) is 43.9 Å². The van der Waals surface area contributed by atoms with Gasteiger partial charge in [-0.15, -0.1) is 0 Å². The van der Waals surface area contributed by atoms with Crippen molar-refractivity contribution in [1.29, 1.82) is 0 Å². The second kappa shape index (κ2) is 6.71. The molecule has 0 amide bonds. The maximum Gasteiger partial charge on any atom is 0.169 e. The molecule has 0 atom stereocenters. The Bertz CT molecular complexity index is 951.